The summed E-state index contributed by atoms with van der Waals surface area (Å²) >= 11 is 0. The highest BCUT2D eigenvalue weighted by Crippen LogP contribution is 2.21. The molecule has 120 valence electrons. The maximum Gasteiger partial charge on any atom is 0.326 e. The van der Waals surface area contributed by atoms with Gasteiger partial charge in [0.05, 0.1) is 11.5 Å². The number of hydrogen-bond donors (Lipinski definition) is 2. The van der Waals surface area contributed by atoms with Gasteiger partial charge in [-0.3, -0.25) is 4.79 Å². The Hall–Kier alpha value is -1.89. The Labute approximate surface area is 129 Å². The van der Waals surface area contributed by atoms with Crippen LogP contribution in [0.4, 0.5) is 0 Å². The molecule has 7 heteroatoms. The first kappa shape index (κ1) is 16.5. The van der Waals surface area contributed by atoms with Gasteiger partial charge in [-0.25, -0.2) is 13.2 Å². The Bertz CT molecular complexity index is 641. The van der Waals surface area contributed by atoms with Crippen molar-refractivity contribution in [2.75, 3.05) is 11.5 Å². The normalized spacial score (nSPS) is 21.2. The van der Waals surface area contributed by atoms with Crippen molar-refractivity contribution in [2.24, 2.45) is 5.92 Å². The molecule has 0 radical (unpaired) electrons. The van der Waals surface area contributed by atoms with Crippen LogP contribution in [0.1, 0.15) is 18.4 Å². The van der Waals surface area contributed by atoms with Crippen molar-refractivity contribution >= 4 is 21.7 Å². The first-order valence-corrected chi connectivity index (χ1v) is 8.94. The van der Waals surface area contributed by atoms with E-state index < -0.39 is 27.8 Å². The summed E-state index contributed by atoms with van der Waals surface area (Å²) in [7, 11) is -3.03. The van der Waals surface area contributed by atoms with E-state index in [-0.39, 0.29) is 30.3 Å². The average molecular weight is 325 g/mol. The standard InChI is InChI=1S/C15H19NO5S/c17-14(9-12-6-7-22(20,21)10-12)16-13(15(18)19)8-11-4-2-1-3-5-11/h1-5,12-13H,6-10H2,(H,16,17)(H,18,19)/t12-,13-/m1/s1. The average Bonchev–Trinajstić information content (AvgIpc) is 2.78. The van der Waals surface area contributed by atoms with Crippen LogP contribution in [-0.2, 0) is 25.8 Å². The van der Waals surface area contributed by atoms with Crippen LogP contribution in [0.15, 0.2) is 30.3 Å². The van der Waals surface area contributed by atoms with Crippen molar-refractivity contribution in [1.29, 1.82) is 0 Å². The second kappa shape index (κ2) is 6.91. The van der Waals surface area contributed by atoms with Gasteiger partial charge in [-0.05, 0) is 17.9 Å². The predicted molar refractivity (Wildman–Crippen MR) is 81.1 cm³/mol. The lowest BCUT2D eigenvalue weighted by molar-refractivity contribution is -0.141. The summed E-state index contributed by atoms with van der Waals surface area (Å²) in [5, 5.41) is 11.7. The smallest absolute Gasteiger partial charge is 0.326 e. The minimum absolute atomic E-state index is 0.0108. The number of rotatable bonds is 6. The Morgan fingerprint density at radius 2 is 1.95 bits per heavy atom. The molecule has 1 heterocycles. The van der Waals surface area contributed by atoms with Gasteiger partial charge in [-0.1, -0.05) is 30.3 Å². The van der Waals surface area contributed by atoms with Gasteiger partial charge in [0.25, 0.3) is 0 Å². The number of hydrogen-bond acceptors (Lipinski definition) is 4. The second-order valence-electron chi connectivity index (χ2n) is 5.62. The van der Waals surface area contributed by atoms with Gasteiger partial charge in [0.15, 0.2) is 9.84 Å². The third-order valence-electron chi connectivity index (χ3n) is 3.72. The van der Waals surface area contributed by atoms with Gasteiger partial charge < -0.3 is 10.4 Å². The fourth-order valence-electron chi connectivity index (χ4n) is 2.60. The molecule has 0 spiro atoms. The molecule has 1 fully saturated rings. The minimum atomic E-state index is -3.03. The molecule has 0 saturated carbocycles. The van der Waals surface area contributed by atoms with Gasteiger partial charge in [-0.15, -0.1) is 0 Å². The summed E-state index contributed by atoms with van der Waals surface area (Å²) in [5.41, 5.74) is 0.818. The van der Waals surface area contributed by atoms with Crippen LogP contribution in [-0.4, -0.2) is 42.9 Å². The first-order chi connectivity index (χ1) is 10.4. The molecule has 0 aliphatic carbocycles. The third kappa shape index (κ3) is 4.84. The van der Waals surface area contributed by atoms with Crippen LogP contribution in [0.3, 0.4) is 0 Å². The fraction of sp³-hybridized carbons (Fsp3) is 0.467. The van der Waals surface area contributed by atoms with Crippen molar-refractivity contribution in [3.05, 3.63) is 35.9 Å². The number of carbonyl (C=O) groups excluding carboxylic acids is 1. The Kier molecular flexibility index (Phi) is 5.18. The molecule has 2 N–H and O–H groups in total. The van der Waals surface area contributed by atoms with Crippen LogP contribution >= 0.6 is 0 Å². The number of amides is 1. The molecule has 6 nitrogen and oxygen atoms in total. The molecule has 0 unspecified atom stereocenters. The van der Waals surface area contributed by atoms with E-state index in [0.29, 0.717) is 6.42 Å². The molecule has 2 rings (SSSR count). The minimum Gasteiger partial charge on any atom is -0.480 e. The SMILES string of the molecule is O=C(C[C@H]1CCS(=O)(=O)C1)N[C@H](Cc1ccccc1)C(=O)O. The van der Waals surface area contributed by atoms with Crippen LogP contribution in [0.2, 0.25) is 0 Å². The van der Waals surface area contributed by atoms with E-state index in [9.17, 15) is 23.1 Å². The summed E-state index contributed by atoms with van der Waals surface area (Å²) in [6, 6.07) is 8.03. The van der Waals surface area contributed by atoms with E-state index in [1.54, 1.807) is 24.3 Å². The molecule has 1 aliphatic heterocycles. The molecule has 1 amide bonds. The molecule has 1 saturated heterocycles. The third-order valence-corrected chi connectivity index (χ3v) is 5.55. The highest BCUT2D eigenvalue weighted by atomic mass is 32.2. The molecular weight excluding hydrogens is 306 g/mol. The molecule has 2 atom stereocenters. The Morgan fingerprint density at radius 3 is 2.50 bits per heavy atom. The molecular formula is C15H19NO5S. The maximum atomic E-state index is 11.9. The van der Waals surface area contributed by atoms with E-state index in [4.69, 9.17) is 0 Å². The van der Waals surface area contributed by atoms with Crippen molar-refractivity contribution in [2.45, 2.75) is 25.3 Å². The second-order valence-corrected chi connectivity index (χ2v) is 7.85. The quantitative estimate of drug-likeness (QED) is 0.799. The number of carbonyl (C=O) groups is 2. The largest absolute Gasteiger partial charge is 0.480 e. The zero-order valence-corrected chi connectivity index (χ0v) is 12.9. The van der Waals surface area contributed by atoms with Gasteiger partial charge >= 0.3 is 5.97 Å². The zero-order chi connectivity index (χ0) is 16.2. The maximum absolute atomic E-state index is 11.9. The zero-order valence-electron chi connectivity index (χ0n) is 12.1. The lowest BCUT2D eigenvalue weighted by Gasteiger charge is -2.16. The van der Waals surface area contributed by atoms with Gasteiger partial charge in [0.2, 0.25) is 5.91 Å². The van der Waals surface area contributed by atoms with E-state index in [0.717, 1.165) is 5.56 Å². The van der Waals surface area contributed by atoms with Gasteiger partial charge in [-0.2, -0.15) is 0 Å². The fourth-order valence-corrected chi connectivity index (χ4v) is 4.46. The number of sulfone groups is 1. The van der Waals surface area contributed by atoms with E-state index in [2.05, 4.69) is 5.32 Å². The van der Waals surface area contributed by atoms with E-state index in [1.807, 2.05) is 6.07 Å². The number of benzene rings is 1. The summed E-state index contributed by atoms with van der Waals surface area (Å²) < 4.78 is 22.7. The monoisotopic (exact) mass is 325 g/mol. The van der Waals surface area contributed by atoms with Crippen LogP contribution in [0, 0.1) is 5.92 Å². The number of aliphatic carboxylic acids is 1. The topological polar surface area (TPSA) is 101 Å². The molecule has 1 aromatic rings. The molecule has 0 bridgehead atoms. The Morgan fingerprint density at radius 1 is 1.27 bits per heavy atom. The molecule has 1 aromatic carbocycles. The van der Waals surface area contributed by atoms with Crippen molar-refractivity contribution in [3.63, 3.8) is 0 Å². The highest BCUT2D eigenvalue weighted by Gasteiger charge is 2.30. The number of carboxylic acids is 1. The van der Waals surface area contributed by atoms with Crippen molar-refractivity contribution in [3.8, 4) is 0 Å². The lowest BCUT2D eigenvalue weighted by Crippen LogP contribution is -2.42. The van der Waals surface area contributed by atoms with Crippen LogP contribution in [0.25, 0.3) is 0 Å². The summed E-state index contributed by atoms with van der Waals surface area (Å²) in [5.74, 6) is -1.61. The summed E-state index contributed by atoms with van der Waals surface area (Å²) in [6.07, 6.45) is 0.717. The number of nitrogens with one attached hydrogen (secondary N) is 1. The molecule has 22 heavy (non-hydrogen) atoms. The van der Waals surface area contributed by atoms with Crippen LogP contribution in [0.5, 0.6) is 0 Å². The summed E-state index contributed by atoms with van der Waals surface area (Å²) in [6.45, 7) is 0. The van der Waals surface area contributed by atoms with Gasteiger partial charge in [0, 0.05) is 12.8 Å². The summed E-state index contributed by atoms with van der Waals surface area (Å²) in [4.78, 5) is 23.2. The Balaban J connectivity index is 1.91. The highest BCUT2D eigenvalue weighted by molar-refractivity contribution is 7.91. The van der Waals surface area contributed by atoms with E-state index >= 15 is 0 Å². The number of carboxylic acid groups (broad SMARTS) is 1. The predicted octanol–water partition coefficient (Wildman–Crippen LogP) is 0.623. The van der Waals surface area contributed by atoms with Crippen LogP contribution < -0.4 is 5.32 Å². The van der Waals surface area contributed by atoms with Gasteiger partial charge in [0.1, 0.15) is 6.04 Å². The van der Waals surface area contributed by atoms with Crippen molar-refractivity contribution in [1.82, 2.24) is 5.32 Å². The lowest BCUT2D eigenvalue weighted by atomic mass is 10.0. The molecule has 0 aromatic heterocycles. The van der Waals surface area contributed by atoms with E-state index in [1.165, 1.54) is 0 Å². The molecule has 1 aliphatic rings. The van der Waals surface area contributed by atoms with Crippen molar-refractivity contribution < 1.29 is 23.1 Å². The first-order valence-electron chi connectivity index (χ1n) is 7.12.